The Morgan fingerprint density at radius 3 is 2.76 bits per heavy atom. The van der Waals surface area contributed by atoms with Crippen molar-refractivity contribution in [3.05, 3.63) is 69.3 Å². The van der Waals surface area contributed by atoms with Gasteiger partial charge in [-0.05, 0) is 36.6 Å². The fourth-order valence-electron chi connectivity index (χ4n) is 2.68. The molecule has 0 bridgehead atoms. The molecule has 0 unspecified atom stereocenters. The van der Waals surface area contributed by atoms with E-state index in [9.17, 15) is 4.79 Å². The lowest BCUT2D eigenvalue weighted by atomic mass is 9.98. The molecule has 3 rings (SSSR count). The van der Waals surface area contributed by atoms with Crippen LogP contribution < -0.4 is 0 Å². The zero-order chi connectivity index (χ0) is 15.0. The third kappa shape index (κ3) is 2.42. The molecule has 2 aromatic carbocycles. The topological polar surface area (TPSA) is 32.9 Å². The Labute approximate surface area is 132 Å². The molecule has 106 valence electrons. The highest BCUT2D eigenvalue weighted by Gasteiger charge is 2.17. The Morgan fingerprint density at radius 1 is 1.19 bits per heavy atom. The van der Waals surface area contributed by atoms with Crippen LogP contribution in [-0.4, -0.2) is 10.8 Å². The van der Waals surface area contributed by atoms with Gasteiger partial charge >= 0.3 is 0 Å². The maximum atomic E-state index is 12.9. The normalized spacial score (nSPS) is 11.0. The summed E-state index contributed by atoms with van der Waals surface area (Å²) in [5, 5.41) is 0.999. The first kappa shape index (κ1) is 14.1. The van der Waals surface area contributed by atoms with Gasteiger partial charge < -0.3 is 4.98 Å². The van der Waals surface area contributed by atoms with Crippen molar-refractivity contribution in [1.82, 2.24) is 4.98 Å². The van der Waals surface area contributed by atoms with E-state index in [1.807, 2.05) is 43.5 Å². The van der Waals surface area contributed by atoms with Crippen molar-refractivity contribution >= 4 is 32.6 Å². The minimum absolute atomic E-state index is 0.0632. The summed E-state index contributed by atoms with van der Waals surface area (Å²) >= 11 is 3.44. The molecule has 0 saturated carbocycles. The summed E-state index contributed by atoms with van der Waals surface area (Å²) < 4.78 is 0.922. The first-order chi connectivity index (χ1) is 10.1. The predicted octanol–water partition coefficient (Wildman–Crippen LogP) is 5.03. The molecule has 1 heterocycles. The van der Waals surface area contributed by atoms with Crippen molar-refractivity contribution in [3.63, 3.8) is 0 Å². The van der Waals surface area contributed by atoms with Crippen LogP contribution in [0.4, 0.5) is 0 Å². The molecule has 0 atom stereocenters. The largest absolute Gasteiger partial charge is 0.360 e. The van der Waals surface area contributed by atoms with Gasteiger partial charge in [0.25, 0.3) is 0 Å². The van der Waals surface area contributed by atoms with E-state index in [2.05, 4.69) is 33.9 Å². The quantitative estimate of drug-likeness (QED) is 0.665. The van der Waals surface area contributed by atoms with Crippen molar-refractivity contribution in [2.24, 2.45) is 0 Å². The highest BCUT2D eigenvalue weighted by Crippen LogP contribution is 2.26. The molecule has 0 radical (unpaired) electrons. The molecule has 1 N–H and O–H groups in total. The fraction of sp³-hybridized carbons (Fsp3) is 0.167. The van der Waals surface area contributed by atoms with E-state index in [1.165, 1.54) is 5.56 Å². The van der Waals surface area contributed by atoms with E-state index in [0.29, 0.717) is 0 Å². The van der Waals surface area contributed by atoms with E-state index in [0.717, 1.165) is 38.5 Å². The van der Waals surface area contributed by atoms with Gasteiger partial charge in [0.1, 0.15) is 0 Å². The van der Waals surface area contributed by atoms with Gasteiger partial charge in [-0.2, -0.15) is 0 Å². The summed E-state index contributed by atoms with van der Waals surface area (Å²) in [4.78, 5) is 16.1. The smallest absolute Gasteiger partial charge is 0.195 e. The number of halogens is 1. The van der Waals surface area contributed by atoms with Gasteiger partial charge in [0.15, 0.2) is 5.78 Å². The number of aryl methyl sites for hydroxylation is 2. The van der Waals surface area contributed by atoms with Gasteiger partial charge in [0.2, 0.25) is 0 Å². The van der Waals surface area contributed by atoms with E-state index in [-0.39, 0.29) is 5.78 Å². The summed E-state index contributed by atoms with van der Waals surface area (Å²) in [5.74, 6) is 0.0632. The van der Waals surface area contributed by atoms with Gasteiger partial charge in [-0.15, -0.1) is 0 Å². The number of carbonyl (C=O) groups is 1. The van der Waals surface area contributed by atoms with Gasteiger partial charge in [-0.1, -0.05) is 47.1 Å². The SMILES string of the molecule is CCc1cccc2c(C(=O)c3cc(Br)ccc3C)c[nH]c12. The molecule has 3 heteroatoms. The van der Waals surface area contributed by atoms with E-state index >= 15 is 0 Å². The maximum Gasteiger partial charge on any atom is 0.195 e. The Kier molecular flexibility index (Phi) is 3.68. The number of fused-ring (bicyclic) bond motifs is 1. The maximum absolute atomic E-state index is 12.9. The van der Waals surface area contributed by atoms with Crippen molar-refractivity contribution in [3.8, 4) is 0 Å². The number of H-pyrrole nitrogens is 1. The van der Waals surface area contributed by atoms with Crippen LogP contribution in [0.5, 0.6) is 0 Å². The van der Waals surface area contributed by atoms with Crippen LogP contribution in [-0.2, 0) is 6.42 Å². The lowest BCUT2D eigenvalue weighted by Crippen LogP contribution is -2.03. The predicted molar refractivity (Wildman–Crippen MR) is 90.0 cm³/mol. The molecule has 0 spiro atoms. The van der Waals surface area contributed by atoms with E-state index < -0.39 is 0 Å². The molecule has 0 fully saturated rings. The average Bonchev–Trinajstić information content (AvgIpc) is 2.93. The van der Waals surface area contributed by atoms with Crippen LogP contribution in [0.3, 0.4) is 0 Å². The molecule has 0 amide bonds. The van der Waals surface area contributed by atoms with Crippen molar-refractivity contribution in [1.29, 1.82) is 0 Å². The van der Waals surface area contributed by atoms with Gasteiger partial charge in [0, 0.05) is 32.7 Å². The second-order valence-corrected chi connectivity index (χ2v) is 6.10. The van der Waals surface area contributed by atoms with Crippen LogP contribution in [0.1, 0.15) is 34.0 Å². The first-order valence-electron chi connectivity index (χ1n) is 7.01. The number of para-hydroxylation sites is 1. The lowest BCUT2D eigenvalue weighted by molar-refractivity contribution is 0.103. The molecule has 1 aromatic heterocycles. The average molecular weight is 342 g/mol. The molecule has 0 aliphatic heterocycles. The molecule has 3 aromatic rings. The fourth-order valence-corrected chi connectivity index (χ4v) is 3.04. The first-order valence-corrected chi connectivity index (χ1v) is 7.81. The highest BCUT2D eigenvalue weighted by atomic mass is 79.9. The van der Waals surface area contributed by atoms with Crippen molar-refractivity contribution in [2.45, 2.75) is 20.3 Å². The molecular formula is C18H16BrNO. The van der Waals surface area contributed by atoms with E-state index in [1.54, 1.807) is 0 Å². The number of hydrogen-bond acceptors (Lipinski definition) is 1. The highest BCUT2D eigenvalue weighted by molar-refractivity contribution is 9.10. The standard InChI is InChI=1S/C18H16BrNO/c1-3-12-5-4-6-14-16(10-20-17(12)14)18(21)15-9-13(19)8-7-11(15)2/h4-10,20H,3H2,1-2H3. The third-order valence-corrected chi connectivity index (χ3v) is 4.36. The van der Waals surface area contributed by atoms with Gasteiger partial charge in [-0.3, -0.25) is 4.79 Å². The number of benzene rings is 2. The Morgan fingerprint density at radius 2 is 2.00 bits per heavy atom. The lowest BCUT2D eigenvalue weighted by Gasteiger charge is -2.05. The number of carbonyl (C=O) groups excluding carboxylic acids is 1. The Balaban J connectivity index is 2.16. The Hall–Kier alpha value is -1.87. The van der Waals surface area contributed by atoms with Gasteiger partial charge in [-0.25, -0.2) is 0 Å². The Bertz CT molecular complexity index is 832. The molecule has 0 aliphatic rings. The molecule has 21 heavy (non-hydrogen) atoms. The summed E-state index contributed by atoms with van der Waals surface area (Å²) in [7, 11) is 0. The number of ketones is 1. The van der Waals surface area contributed by atoms with Crippen LogP contribution in [0.2, 0.25) is 0 Å². The van der Waals surface area contributed by atoms with Crippen molar-refractivity contribution in [2.75, 3.05) is 0 Å². The second kappa shape index (κ2) is 5.49. The number of aromatic nitrogens is 1. The van der Waals surface area contributed by atoms with Crippen LogP contribution in [0, 0.1) is 6.92 Å². The molecule has 0 aliphatic carbocycles. The second-order valence-electron chi connectivity index (χ2n) is 5.18. The summed E-state index contributed by atoms with van der Waals surface area (Å²) in [6.45, 7) is 4.08. The zero-order valence-corrected chi connectivity index (χ0v) is 13.6. The summed E-state index contributed by atoms with van der Waals surface area (Å²) in [5.41, 5.74) is 4.77. The molecule has 0 saturated heterocycles. The van der Waals surface area contributed by atoms with Crippen LogP contribution >= 0.6 is 15.9 Å². The van der Waals surface area contributed by atoms with Crippen LogP contribution in [0.25, 0.3) is 10.9 Å². The molecular weight excluding hydrogens is 326 g/mol. The summed E-state index contributed by atoms with van der Waals surface area (Å²) in [6.07, 6.45) is 2.77. The van der Waals surface area contributed by atoms with Gasteiger partial charge in [0.05, 0.1) is 0 Å². The minimum Gasteiger partial charge on any atom is -0.360 e. The number of rotatable bonds is 3. The van der Waals surface area contributed by atoms with E-state index in [4.69, 9.17) is 0 Å². The molecule has 2 nitrogen and oxygen atoms in total. The van der Waals surface area contributed by atoms with Crippen molar-refractivity contribution < 1.29 is 4.79 Å². The third-order valence-electron chi connectivity index (χ3n) is 3.87. The zero-order valence-electron chi connectivity index (χ0n) is 12.0. The van der Waals surface area contributed by atoms with Crippen LogP contribution in [0.15, 0.2) is 47.1 Å². The monoisotopic (exact) mass is 341 g/mol. The number of nitrogens with one attached hydrogen (secondary N) is 1. The number of aromatic amines is 1. The minimum atomic E-state index is 0.0632. The summed E-state index contributed by atoms with van der Waals surface area (Å²) in [6, 6.07) is 11.9. The number of hydrogen-bond donors (Lipinski definition) is 1.